The molecule has 2 aromatic heterocycles. The third-order valence-corrected chi connectivity index (χ3v) is 3.98. The topological polar surface area (TPSA) is 35.6 Å². The summed E-state index contributed by atoms with van der Waals surface area (Å²) in [5, 5.41) is 9.51. The van der Waals surface area contributed by atoms with Gasteiger partial charge in [0.1, 0.15) is 11.6 Å². The van der Waals surface area contributed by atoms with Crippen LogP contribution >= 0.6 is 0 Å². The van der Waals surface area contributed by atoms with Crippen LogP contribution in [0, 0.1) is 5.82 Å². The van der Waals surface area contributed by atoms with Crippen molar-refractivity contribution in [3.8, 4) is 0 Å². The van der Waals surface area contributed by atoms with Crippen LogP contribution in [0.25, 0.3) is 10.9 Å². The molecule has 102 valence electrons. The van der Waals surface area contributed by atoms with Gasteiger partial charge < -0.3 is 9.13 Å². The van der Waals surface area contributed by atoms with Gasteiger partial charge >= 0.3 is 0 Å². The smallest absolute Gasteiger partial charge is 0.153 e. The maximum absolute atomic E-state index is 13.2. The zero-order chi connectivity index (χ0) is 13.5. The number of rotatable bonds is 2. The molecular weight excluding hydrogens is 255 g/mol. The summed E-state index contributed by atoms with van der Waals surface area (Å²) < 4.78 is 17.5. The van der Waals surface area contributed by atoms with Crippen LogP contribution < -0.4 is 0 Å². The van der Waals surface area contributed by atoms with Gasteiger partial charge in [-0.1, -0.05) is 0 Å². The Hall–Kier alpha value is -2.17. The summed E-state index contributed by atoms with van der Waals surface area (Å²) in [6.45, 7) is 1.69. The Labute approximate surface area is 115 Å². The molecule has 0 saturated carbocycles. The molecule has 4 rings (SSSR count). The van der Waals surface area contributed by atoms with Gasteiger partial charge in [0.2, 0.25) is 0 Å². The van der Waals surface area contributed by atoms with Crippen LogP contribution in [0.2, 0.25) is 0 Å². The number of halogens is 1. The molecule has 5 heteroatoms. The Morgan fingerprint density at radius 2 is 2.10 bits per heavy atom. The molecule has 0 saturated heterocycles. The maximum Gasteiger partial charge on any atom is 0.153 e. The van der Waals surface area contributed by atoms with Crippen LogP contribution in [0.4, 0.5) is 4.39 Å². The molecule has 20 heavy (non-hydrogen) atoms. The summed E-state index contributed by atoms with van der Waals surface area (Å²) in [6, 6.07) is 6.81. The summed E-state index contributed by atoms with van der Waals surface area (Å²) in [4.78, 5) is 0. The number of fused-ring (bicyclic) bond motifs is 2. The van der Waals surface area contributed by atoms with Gasteiger partial charge in [-0.25, -0.2) is 4.39 Å². The van der Waals surface area contributed by atoms with Gasteiger partial charge in [-0.3, -0.25) is 0 Å². The van der Waals surface area contributed by atoms with Gasteiger partial charge in [-0.15, -0.1) is 10.2 Å². The van der Waals surface area contributed by atoms with Crippen molar-refractivity contribution in [1.29, 1.82) is 0 Å². The standard InChI is InChI=1S/C15H15FN4/c16-12-4-5-13-11(9-12)6-8-19(13)10-15-18-17-14-3-1-2-7-20(14)15/h4-6,8-9H,1-3,7,10H2. The Kier molecular flexibility index (Phi) is 2.58. The lowest BCUT2D eigenvalue weighted by Crippen LogP contribution is -2.14. The van der Waals surface area contributed by atoms with E-state index in [1.54, 1.807) is 6.07 Å². The quantitative estimate of drug-likeness (QED) is 0.718. The van der Waals surface area contributed by atoms with Crippen molar-refractivity contribution in [2.45, 2.75) is 32.4 Å². The first-order valence-electron chi connectivity index (χ1n) is 6.96. The zero-order valence-corrected chi connectivity index (χ0v) is 11.1. The molecule has 0 bridgehead atoms. The predicted molar refractivity (Wildman–Crippen MR) is 74.0 cm³/mol. The second kappa shape index (κ2) is 4.44. The molecule has 0 unspecified atom stereocenters. The first-order valence-corrected chi connectivity index (χ1v) is 6.96. The summed E-state index contributed by atoms with van der Waals surface area (Å²) in [7, 11) is 0. The van der Waals surface area contributed by atoms with Crippen molar-refractivity contribution in [2.24, 2.45) is 0 Å². The number of nitrogens with zero attached hydrogens (tertiary/aromatic N) is 4. The molecule has 0 aliphatic carbocycles. The number of benzene rings is 1. The molecule has 0 amide bonds. The van der Waals surface area contributed by atoms with Crippen molar-refractivity contribution < 1.29 is 4.39 Å². The van der Waals surface area contributed by atoms with E-state index in [2.05, 4.69) is 19.3 Å². The van der Waals surface area contributed by atoms with Gasteiger partial charge in [0.15, 0.2) is 5.82 Å². The van der Waals surface area contributed by atoms with Crippen molar-refractivity contribution in [2.75, 3.05) is 0 Å². The van der Waals surface area contributed by atoms with E-state index in [1.165, 1.54) is 18.9 Å². The van der Waals surface area contributed by atoms with E-state index < -0.39 is 0 Å². The lowest BCUT2D eigenvalue weighted by Gasteiger charge is -2.15. The molecule has 1 aliphatic rings. The second-order valence-electron chi connectivity index (χ2n) is 5.29. The lowest BCUT2D eigenvalue weighted by atomic mass is 10.2. The number of aromatic nitrogens is 4. The molecule has 3 aromatic rings. The normalized spacial score (nSPS) is 14.7. The molecule has 4 nitrogen and oxygen atoms in total. The Morgan fingerprint density at radius 3 is 3.05 bits per heavy atom. The van der Waals surface area contributed by atoms with Crippen LogP contribution in [0.3, 0.4) is 0 Å². The van der Waals surface area contributed by atoms with Crippen LogP contribution in [0.5, 0.6) is 0 Å². The van der Waals surface area contributed by atoms with E-state index in [9.17, 15) is 4.39 Å². The summed E-state index contributed by atoms with van der Waals surface area (Å²) >= 11 is 0. The minimum atomic E-state index is -0.199. The molecule has 0 spiro atoms. The fourth-order valence-electron chi connectivity index (χ4n) is 2.95. The largest absolute Gasteiger partial charge is 0.340 e. The van der Waals surface area contributed by atoms with Crippen molar-refractivity contribution in [3.63, 3.8) is 0 Å². The highest BCUT2D eigenvalue weighted by Gasteiger charge is 2.16. The number of hydrogen-bond donors (Lipinski definition) is 0. The summed E-state index contributed by atoms with van der Waals surface area (Å²) in [5.41, 5.74) is 1.03. The van der Waals surface area contributed by atoms with E-state index in [1.807, 2.05) is 18.3 Å². The van der Waals surface area contributed by atoms with Gasteiger partial charge in [-0.2, -0.15) is 0 Å². The lowest BCUT2D eigenvalue weighted by molar-refractivity contribution is 0.503. The number of hydrogen-bond acceptors (Lipinski definition) is 2. The minimum Gasteiger partial charge on any atom is -0.340 e. The highest BCUT2D eigenvalue weighted by Crippen LogP contribution is 2.20. The van der Waals surface area contributed by atoms with Crippen LogP contribution in [0.1, 0.15) is 24.5 Å². The van der Waals surface area contributed by atoms with Crippen molar-refractivity contribution in [1.82, 2.24) is 19.3 Å². The van der Waals surface area contributed by atoms with Crippen LogP contribution in [-0.2, 0) is 19.5 Å². The van der Waals surface area contributed by atoms with E-state index in [0.717, 1.165) is 35.5 Å². The molecule has 0 atom stereocenters. The maximum atomic E-state index is 13.2. The third-order valence-electron chi connectivity index (χ3n) is 3.98. The molecule has 0 N–H and O–H groups in total. The second-order valence-corrected chi connectivity index (χ2v) is 5.29. The first kappa shape index (κ1) is 11.6. The number of aryl methyl sites for hydroxylation is 1. The average molecular weight is 270 g/mol. The Morgan fingerprint density at radius 1 is 1.15 bits per heavy atom. The monoisotopic (exact) mass is 270 g/mol. The highest BCUT2D eigenvalue weighted by molar-refractivity contribution is 5.80. The van der Waals surface area contributed by atoms with Gasteiger partial charge in [0.05, 0.1) is 6.54 Å². The molecule has 1 aromatic carbocycles. The predicted octanol–water partition coefficient (Wildman–Crippen LogP) is 2.76. The molecule has 1 aliphatic heterocycles. The van der Waals surface area contributed by atoms with Crippen molar-refractivity contribution in [3.05, 3.63) is 47.9 Å². The zero-order valence-electron chi connectivity index (χ0n) is 11.1. The van der Waals surface area contributed by atoms with E-state index in [4.69, 9.17) is 0 Å². The SMILES string of the molecule is Fc1ccc2c(ccn2Cc2nnc3n2CCCC3)c1. The fraction of sp³-hybridized carbons (Fsp3) is 0.333. The Balaban J connectivity index is 1.72. The Bertz CT molecular complexity index is 771. The van der Waals surface area contributed by atoms with Crippen molar-refractivity contribution >= 4 is 10.9 Å². The van der Waals surface area contributed by atoms with Crippen LogP contribution in [-0.4, -0.2) is 19.3 Å². The van der Waals surface area contributed by atoms with Gasteiger partial charge in [0.25, 0.3) is 0 Å². The van der Waals surface area contributed by atoms with E-state index in [-0.39, 0.29) is 5.82 Å². The first-order chi connectivity index (χ1) is 9.81. The highest BCUT2D eigenvalue weighted by atomic mass is 19.1. The molecule has 3 heterocycles. The summed E-state index contributed by atoms with van der Waals surface area (Å²) in [6.07, 6.45) is 5.39. The molecule has 0 fully saturated rings. The minimum absolute atomic E-state index is 0.199. The van der Waals surface area contributed by atoms with E-state index >= 15 is 0 Å². The fourth-order valence-corrected chi connectivity index (χ4v) is 2.95. The van der Waals surface area contributed by atoms with Gasteiger partial charge in [0, 0.05) is 30.1 Å². The summed E-state index contributed by atoms with van der Waals surface area (Å²) in [5.74, 6) is 1.88. The molecular formula is C15H15FN4. The average Bonchev–Trinajstić information content (AvgIpc) is 3.04. The molecule has 0 radical (unpaired) electrons. The van der Waals surface area contributed by atoms with Crippen LogP contribution in [0.15, 0.2) is 30.5 Å². The van der Waals surface area contributed by atoms with Gasteiger partial charge in [-0.05, 0) is 37.1 Å². The van der Waals surface area contributed by atoms with E-state index in [0.29, 0.717) is 6.54 Å². The third kappa shape index (κ3) is 1.81.